The van der Waals surface area contributed by atoms with Gasteiger partial charge in [0.15, 0.2) is 0 Å². The van der Waals surface area contributed by atoms with Crippen molar-refractivity contribution >= 4 is 15.9 Å². The Bertz CT molecular complexity index is 490. The van der Waals surface area contributed by atoms with E-state index < -0.39 is 0 Å². The molecule has 4 heteroatoms. The first-order chi connectivity index (χ1) is 8.70. The summed E-state index contributed by atoms with van der Waals surface area (Å²) in [4.78, 5) is 0. The molecule has 0 saturated heterocycles. The second-order valence-electron chi connectivity index (χ2n) is 4.41. The number of aryl methyl sites for hydroxylation is 1. The maximum absolute atomic E-state index is 4.04. The van der Waals surface area contributed by atoms with Gasteiger partial charge in [0.1, 0.15) is 0 Å². The summed E-state index contributed by atoms with van der Waals surface area (Å²) < 4.78 is 1.12. The molecule has 18 heavy (non-hydrogen) atoms. The van der Waals surface area contributed by atoms with E-state index in [1.165, 1.54) is 11.1 Å². The highest BCUT2D eigenvalue weighted by Gasteiger charge is 2.09. The molecule has 96 valence electrons. The molecule has 0 unspecified atom stereocenters. The van der Waals surface area contributed by atoms with E-state index in [1.807, 2.05) is 13.1 Å². The molecule has 0 radical (unpaired) electrons. The summed E-state index contributed by atoms with van der Waals surface area (Å²) in [5.41, 5.74) is 3.68. The van der Waals surface area contributed by atoms with E-state index in [-0.39, 0.29) is 0 Å². The molecule has 0 bridgehead atoms. The molecular weight excluding hydrogens is 290 g/mol. The summed E-state index contributed by atoms with van der Waals surface area (Å²) >= 11 is 3.46. The molecule has 1 aromatic heterocycles. The number of rotatable bonds is 5. The lowest BCUT2D eigenvalue weighted by Crippen LogP contribution is -2.20. The second kappa shape index (κ2) is 6.16. The summed E-state index contributed by atoms with van der Waals surface area (Å²) in [7, 11) is 0. The van der Waals surface area contributed by atoms with Gasteiger partial charge in [-0.15, -0.1) is 0 Å². The van der Waals surface area contributed by atoms with E-state index in [0.29, 0.717) is 6.04 Å². The van der Waals surface area contributed by atoms with Crippen LogP contribution in [0.5, 0.6) is 0 Å². The lowest BCUT2D eigenvalue weighted by Gasteiger charge is -2.17. The average Bonchev–Trinajstić information content (AvgIpc) is 2.78. The van der Waals surface area contributed by atoms with Crippen molar-refractivity contribution in [2.45, 2.75) is 32.9 Å². The van der Waals surface area contributed by atoms with Gasteiger partial charge in [-0.25, -0.2) is 0 Å². The Balaban J connectivity index is 2.01. The molecule has 0 saturated carbocycles. The molecule has 2 aromatic rings. The molecule has 2 rings (SSSR count). The molecule has 1 atom stereocenters. The fraction of sp³-hybridized carbons (Fsp3) is 0.357. The number of nitrogens with one attached hydrogen (secondary N) is 2. The van der Waals surface area contributed by atoms with Crippen LogP contribution in [0.15, 0.2) is 34.9 Å². The highest BCUT2D eigenvalue weighted by Crippen LogP contribution is 2.20. The van der Waals surface area contributed by atoms with Crippen LogP contribution in [0.1, 0.15) is 36.2 Å². The summed E-state index contributed by atoms with van der Waals surface area (Å²) in [5, 5.41) is 10.6. The van der Waals surface area contributed by atoms with Gasteiger partial charge in [0.05, 0.1) is 6.20 Å². The van der Waals surface area contributed by atoms with E-state index >= 15 is 0 Å². The monoisotopic (exact) mass is 307 g/mol. The Kier molecular flexibility index (Phi) is 4.55. The number of hydrogen-bond donors (Lipinski definition) is 2. The van der Waals surface area contributed by atoms with E-state index in [1.54, 1.807) is 0 Å². The molecule has 0 amide bonds. The van der Waals surface area contributed by atoms with Gasteiger partial charge in [-0.3, -0.25) is 5.10 Å². The Morgan fingerprint density at radius 1 is 1.33 bits per heavy atom. The lowest BCUT2D eigenvalue weighted by molar-refractivity contribution is 0.518. The highest BCUT2D eigenvalue weighted by molar-refractivity contribution is 9.10. The zero-order valence-corrected chi connectivity index (χ0v) is 12.3. The fourth-order valence-electron chi connectivity index (χ4n) is 1.98. The first-order valence-corrected chi connectivity index (χ1v) is 6.97. The van der Waals surface area contributed by atoms with Crippen LogP contribution in [-0.4, -0.2) is 10.2 Å². The van der Waals surface area contributed by atoms with Gasteiger partial charge in [-0.2, -0.15) is 5.10 Å². The van der Waals surface area contributed by atoms with E-state index in [9.17, 15) is 0 Å². The minimum absolute atomic E-state index is 0.382. The van der Waals surface area contributed by atoms with Crippen LogP contribution >= 0.6 is 15.9 Å². The Morgan fingerprint density at radius 3 is 2.61 bits per heavy atom. The molecule has 0 spiro atoms. The summed E-state index contributed by atoms with van der Waals surface area (Å²) in [6, 6.07) is 8.87. The van der Waals surface area contributed by atoms with Crippen molar-refractivity contribution in [1.29, 1.82) is 0 Å². The van der Waals surface area contributed by atoms with Crippen molar-refractivity contribution in [3.63, 3.8) is 0 Å². The molecule has 0 aliphatic heterocycles. The number of aromatic amines is 1. The third-order valence-electron chi connectivity index (χ3n) is 3.15. The lowest BCUT2D eigenvalue weighted by atomic mass is 10.0. The third-order valence-corrected chi connectivity index (χ3v) is 3.68. The van der Waals surface area contributed by atoms with Gasteiger partial charge in [0.25, 0.3) is 0 Å². The molecule has 1 aromatic carbocycles. The van der Waals surface area contributed by atoms with Crippen molar-refractivity contribution in [2.24, 2.45) is 0 Å². The standard InChI is InChI=1S/C14H18BrN3/c1-3-14(11-4-6-13(15)7-5-11)16-8-12-9-17-18-10(12)2/h4-7,9,14,16H,3,8H2,1-2H3,(H,17,18)/t14-/m1/s1. The molecule has 0 fully saturated rings. The zero-order chi connectivity index (χ0) is 13.0. The Morgan fingerprint density at radius 2 is 2.06 bits per heavy atom. The molecule has 1 heterocycles. The fourth-order valence-corrected chi connectivity index (χ4v) is 2.24. The van der Waals surface area contributed by atoms with Crippen LogP contribution in [0.2, 0.25) is 0 Å². The van der Waals surface area contributed by atoms with Crippen LogP contribution in [0.3, 0.4) is 0 Å². The highest BCUT2D eigenvalue weighted by atomic mass is 79.9. The maximum Gasteiger partial charge on any atom is 0.0535 e. The summed E-state index contributed by atoms with van der Waals surface area (Å²) in [6.07, 6.45) is 2.95. The molecule has 2 N–H and O–H groups in total. The van der Waals surface area contributed by atoms with Crippen LogP contribution in [0.25, 0.3) is 0 Å². The van der Waals surface area contributed by atoms with Crippen molar-refractivity contribution in [3.05, 3.63) is 51.8 Å². The number of nitrogens with zero attached hydrogens (tertiary/aromatic N) is 1. The zero-order valence-electron chi connectivity index (χ0n) is 10.7. The van der Waals surface area contributed by atoms with Gasteiger partial charge in [-0.05, 0) is 31.0 Å². The number of benzene rings is 1. The third kappa shape index (κ3) is 3.21. The summed E-state index contributed by atoms with van der Waals surface area (Å²) in [6.45, 7) is 5.09. The predicted molar refractivity (Wildman–Crippen MR) is 77.3 cm³/mol. The van der Waals surface area contributed by atoms with E-state index in [2.05, 4.69) is 62.6 Å². The average molecular weight is 308 g/mol. The predicted octanol–water partition coefficient (Wildman–Crippen LogP) is 3.72. The van der Waals surface area contributed by atoms with Crippen molar-refractivity contribution < 1.29 is 0 Å². The first-order valence-electron chi connectivity index (χ1n) is 6.18. The largest absolute Gasteiger partial charge is 0.306 e. The minimum atomic E-state index is 0.382. The second-order valence-corrected chi connectivity index (χ2v) is 5.33. The van der Waals surface area contributed by atoms with E-state index in [0.717, 1.165) is 23.1 Å². The maximum atomic E-state index is 4.04. The Hall–Kier alpha value is -1.13. The van der Waals surface area contributed by atoms with Gasteiger partial charge in [-0.1, -0.05) is 35.0 Å². The topological polar surface area (TPSA) is 40.7 Å². The van der Waals surface area contributed by atoms with Crippen LogP contribution in [0.4, 0.5) is 0 Å². The SMILES string of the molecule is CC[C@@H](NCc1cn[nH]c1C)c1ccc(Br)cc1. The van der Waals surface area contributed by atoms with Gasteiger partial charge in [0.2, 0.25) is 0 Å². The molecular formula is C14H18BrN3. The number of H-pyrrole nitrogens is 1. The Labute approximate surface area is 116 Å². The molecule has 0 aliphatic carbocycles. The van der Waals surface area contributed by atoms with Crippen LogP contribution < -0.4 is 5.32 Å². The number of aromatic nitrogens is 2. The molecule has 0 aliphatic rings. The van der Waals surface area contributed by atoms with Gasteiger partial charge >= 0.3 is 0 Å². The van der Waals surface area contributed by atoms with E-state index in [4.69, 9.17) is 0 Å². The minimum Gasteiger partial charge on any atom is -0.306 e. The number of halogens is 1. The normalized spacial score (nSPS) is 12.6. The van der Waals surface area contributed by atoms with Crippen molar-refractivity contribution in [2.75, 3.05) is 0 Å². The quantitative estimate of drug-likeness (QED) is 0.884. The van der Waals surface area contributed by atoms with Crippen molar-refractivity contribution in [3.8, 4) is 0 Å². The molecule has 3 nitrogen and oxygen atoms in total. The smallest absolute Gasteiger partial charge is 0.0535 e. The van der Waals surface area contributed by atoms with Crippen LogP contribution in [0, 0.1) is 6.92 Å². The van der Waals surface area contributed by atoms with Crippen molar-refractivity contribution in [1.82, 2.24) is 15.5 Å². The number of hydrogen-bond acceptors (Lipinski definition) is 2. The summed E-state index contributed by atoms with van der Waals surface area (Å²) in [5.74, 6) is 0. The van der Waals surface area contributed by atoms with Gasteiger partial charge in [0, 0.05) is 28.3 Å². The van der Waals surface area contributed by atoms with Crippen LogP contribution in [-0.2, 0) is 6.54 Å². The van der Waals surface area contributed by atoms with Gasteiger partial charge < -0.3 is 5.32 Å². The first kappa shape index (κ1) is 13.3.